The van der Waals surface area contributed by atoms with Crippen LogP contribution in [0.3, 0.4) is 0 Å². The van der Waals surface area contributed by atoms with E-state index in [2.05, 4.69) is 20.3 Å². The minimum Gasteiger partial charge on any atom is -0.494 e. The van der Waals surface area contributed by atoms with Crippen molar-refractivity contribution in [2.45, 2.75) is 26.8 Å². The first-order valence-corrected chi connectivity index (χ1v) is 9.54. The van der Waals surface area contributed by atoms with Crippen molar-refractivity contribution in [2.24, 2.45) is 0 Å². The minimum atomic E-state index is -0.296. The number of anilines is 1. The number of nitrogens with zero attached hydrogens (tertiary/aromatic N) is 3. The monoisotopic (exact) mass is 394 g/mol. The topological polar surface area (TPSA) is 108 Å². The van der Waals surface area contributed by atoms with Crippen molar-refractivity contribution in [1.82, 2.24) is 15.0 Å². The Labute approximate surface area is 168 Å². The lowest BCUT2D eigenvalue weighted by Crippen LogP contribution is -2.24. The SMILES string of the molecule is COc1cc(-c2ccc(C)cn2)cc2c(NC(C)C(=N)SC(C)=N)ncnc12. The van der Waals surface area contributed by atoms with Crippen molar-refractivity contribution in [3.63, 3.8) is 0 Å². The van der Waals surface area contributed by atoms with Gasteiger partial charge in [-0.25, -0.2) is 9.97 Å². The largest absolute Gasteiger partial charge is 0.494 e. The Bertz CT molecular complexity index is 1030. The van der Waals surface area contributed by atoms with E-state index in [-0.39, 0.29) is 6.04 Å². The molecule has 0 radical (unpaired) electrons. The predicted octanol–water partition coefficient (Wildman–Crippen LogP) is 4.52. The molecule has 3 N–H and O–H groups in total. The van der Waals surface area contributed by atoms with Gasteiger partial charge in [0.25, 0.3) is 0 Å². The maximum Gasteiger partial charge on any atom is 0.145 e. The van der Waals surface area contributed by atoms with E-state index >= 15 is 0 Å². The molecule has 28 heavy (non-hydrogen) atoms. The Balaban J connectivity index is 2.06. The van der Waals surface area contributed by atoms with Gasteiger partial charge in [-0.1, -0.05) is 17.8 Å². The second kappa shape index (κ2) is 8.35. The summed E-state index contributed by atoms with van der Waals surface area (Å²) in [5.41, 5.74) is 3.50. The van der Waals surface area contributed by atoms with Crippen LogP contribution < -0.4 is 10.1 Å². The van der Waals surface area contributed by atoms with Crippen LogP contribution in [0, 0.1) is 17.7 Å². The summed E-state index contributed by atoms with van der Waals surface area (Å²) in [6.45, 7) is 5.53. The summed E-state index contributed by atoms with van der Waals surface area (Å²) < 4.78 is 5.55. The van der Waals surface area contributed by atoms with E-state index in [1.807, 2.05) is 44.3 Å². The maximum atomic E-state index is 8.14. The van der Waals surface area contributed by atoms with Gasteiger partial charge in [-0.15, -0.1) is 0 Å². The number of ether oxygens (including phenoxy) is 1. The number of aromatic nitrogens is 3. The summed E-state index contributed by atoms with van der Waals surface area (Å²) in [4.78, 5) is 13.3. The molecule has 0 aliphatic rings. The number of aryl methyl sites for hydroxylation is 1. The Morgan fingerprint density at radius 3 is 2.61 bits per heavy atom. The summed E-state index contributed by atoms with van der Waals surface area (Å²) >= 11 is 1.12. The van der Waals surface area contributed by atoms with Crippen molar-refractivity contribution in [1.29, 1.82) is 10.8 Å². The molecule has 0 saturated carbocycles. The molecular weight excluding hydrogens is 372 g/mol. The molecular formula is C20H22N6OS. The van der Waals surface area contributed by atoms with Crippen LogP contribution in [0.1, 0.15) is 19.4 Å². The summed E-state index contributed by atoms with van der Waals surface area (Å²) in [7, 11) is 1.61. The van der Waals surface area contributed by atoms with Crippen molar-refractivity contribution in [3.8, 4) is 17.0 Å². The molecule has 2 heterocycles. The standard InChI is InChI=1S/C20H22N6OS/c1-11-5-6-16(23-9-11)14-7-15-18(17(8-14)27-4)24-10-25-20(15)26-12(2)19(22)28-13(3)21/h5-10,12,21-22H,1-4H3,(H,24,25,26). The first-order valence-electron chi connectivity index (χ1n) is 8.72. The molecule has 0 aliphatic carbocycles. The van der Waals surface area contributed by atoms with Crippen LogP contribution in [-0.4, -0.2) is 38.2 Å². The molecule has 0 spiro atoms. The zero-order chi connectivity index (χ0) is 20.3. The highest BCUT2D eigenvalue weighted by Crippen LogP contribution is 2.33. The molecule has 3 aromatic rings. The van der Waals surface area contributed by atoms with Crippen molar-refractivity contribution in [2.75, 3.05) is 12.4 Å². The van der Waals surface area contributed by atoms with Crippen LogP contribution in [0.2, 0.25) is 0 Å². The molecule has 2 aromatic heterocycles. The van der Waals surface area contributed by atoms with Crippen LogP contribution in [0.5, 0.6) is 5.75 Å². The normalized spacial score (nSPS) is 11.9. The smallest absolute Gasteiger partial charge is 0.145 e. The molecule has 0 aliphatic heterocycles. The van der Waals surface area contributed by atoms with Gasteiger partial charge in [0.05, 0.1) is 28.9 Å². The van der Waals surface area contributed by atoms with E-state index in [1.165, 1.54) is 6.33 Å². The predicted molar refractivity (Wildman–Crippen MR) is 116 cm³/mol. The lowest BCUT2D eigenvalue weighted by molar-refractivity contribution is 0.419. The van der Waals surface area contributed by atoms with Gasteiger partial charge < -0.3 is 10.1 Å². The number of pyridine rings is 1. The van der Waals surface area contributed by atoms with Gasteiger partial charge >= 0.3 is 0 Å². The second-order valence-electron chi connectivity index (χ2n) is 6.41. The number of thioether (sulfide) groups is 1. The third-order valence-corrected chi connectivity index (χ3v) is 5.02. The third-order valence-electron chi connectivity index (χ3n) is 4.14. The average molecular weight is 395 g/mol. The first-order chi connectivity index (χ1) is 13.4. The summed E-state index contributed by atoms with van der Waals surface area (Å²) in [5, 5.41) is 20.5. The second-order valence-corrected chi connectivity index (χ2v) is 7.66. The van der Waals surface area contributed by atoms with Gasteiger partial charge in [0.2, 0.25) is 0 Å². The van der Waals surface area contributed by atoms with Crippen LogP contribution in [0.25, 0.3) is 22.2 Å². The van der Waals surface area contributed by atoms with Gasteiger partial charge in [0.1, 0.15) is 23.4 Å². The van der Waals surface area contributed by atoms with Crippen LogP contribution >= 0.6 is 11.8 Å². The fourth-order valence-electron chi connectivity index (χ4n) is 2.72. The first kappa shape index (κ1) is 19.8. The molecule has 3 rings (SSSR count). The molecule has 8 heteroatoms. The fraction of sp³-hybridized carbons (Fsp3) is 0.250. The Morgan fingerprint density at radius 2 is 1.96 bits per heavy atom. The molecule has 0 fully saturated rings. The lowest BCUT2D eigenvalue weighted by Gasteiger charge is -2.17. The number of benzene rings is 1. The van der Waals surface area contributed by atoms with Crippen molar-refractivity contribution >= 4 is 38.6 Å². The zero-order valence-electron chi connectivity index (χ0n) is 16.2. The van der Waals surface area contributed by atoms with Crippen LogP contribution in [-0.2, 0) is 0 Å². The molecule has 0 bridgehead atoms. The van der Waals surface area contributed by atoms with E-state index < -0.39 is 0 Å². The highest BCUT2D eigenvalue weighted by atomic mass is 32.2. The van der Waals surface area contributed by atoms with E-state index in [0.29, 0.717) is 27.2 Å². The van der Waals surface area contributed by atoms with E-state index in [9.17, 15) is 0 Å². The number of nitrogens with one attached hydrogen (secondary N) is 3. The lowest BCUT2D eigenvalue weighted by atomic mass is 10.1. The zero-order valence-corrected chi connectivity index (χ0v) is 17.0. The Hall–Kier alpha value is -3.00. The number of hydrogen-bond acceptors (Lipinski definition) is 8. The van der Waals surface area contributed by atoms with Gasteiger partial charge in [0.15, 0.2) is 0 Å². The van der Waals surface area contributed by atoms with E-state index in [1.54, 1.807) is 14.0 Å². The van der Waals surface area contributed by atoms with Crippen LogP contribution in [0.4, 0.5) is 5.82 Å². The van der Waals surface area contributed by atoms with Gasteiger partial charge in [-0.05, 0) is 44.5 Å². The number of methoxy groups -OCH3 is 1. The van der Waals surface area contributed by atoms with Gasteiger partial charge in [-0.3, -0.25) is 15.8 Å². The maximum absolute atomic E-state index is 8.14. The van der Waals surface area contributed by atoms with Crippen molar-refractivity contribution < 1.29 is 4.74 Å². The Morgan fingerprint density at radius 1 is 1.18 bits per heavy atom. The molecule has 0 saturated heterocycles. The summed E-state index contributed by atoms with van der Waals surface area (Å²) in [6, 6.07) is 7.57. The Kier molecular flexibility index (Phi) is 5.89. The van der Waals surface area contributed by atoms with Gasteiger partial charge in [-0.2, -0.15) is 0 Å². The molecule has 0 amide bonds. The fourth-order valence-corrected chi connectivity index (χ4v) is 3.28. The highest BCUT2D eigenvalue weighted by molar-refractivity contribution is 8.26. The molecule has 7 nitrogen and oxygen atoms in total. The van der Waals surface area contributed by atoms with Gasteiger partial charge in [0, 0.05) is 17.1 Å². The van der Waals surface area contributed by atoms with E-state index in [4.69, 9.17) is 15.6 Å². The van der Waals surface area contributed by atoms with Crippen molar-refractivity contribution in [3.05, 3.63) is 42.4 Å². The highest BCUT2D eigenvalue weighted by Gasteiger charge is 2.16. The third kappa shape index (κ3) is 4.28. The quantitative estimate of drug-likeness (QED) is 0.434. The summed E-state index contributed by atoms with van der Waals surface area (Å²) in [5.74, 6) is 1.24. The molecule has 1 unspecified atom stereocenters. The minimum absolute atomic E-state index is 0.296. The van der Waals surface area contributed by atoms with E-state index in [0.717, 1.165) is 34.0 Å². The molecule has 1 atom stereocenters. The number of fused-ring (bicyclic) bond motifs is 1. The molecule has 144 valence electrons. The number of hydrogen-bond donors (Lipinski definition) is 3. The number of rotatable bonds is 5. The summed E-state index contributed by atoms with van der Waals surface area (Å²) in [6.07, 6.45) is 3.30. The van der Waals surface area contributed by atoms with Crippen LogP contribution in [0.15, 0.2) is 36.8 Å². The molecule has 1 aromatic carbocycles. The average Bonchev–Trinajstić information content (AvgIpc) is 2.67.